The smallest absolute Gasteiger partial charge is 0.223 e. The lowest BCUT2D eigenvalue weighted by atomic mass is 10.0. The first-order valence-electron chi connectivity index (χ1n) is 11.7. The Morgan fingerprint density at radius 2 is 1.94 bits per heavy atom. The Morgan fingerprint density at radius 3 is 2.72 bits per heavy atom. The Morgan fingerprint density at radius 1 is 1.12 bits per heavy atom. The van der Waals surface area contributed by atoms with Gasteiger partial charge in [0.15, 0.2) is 17.2 Å². The summed E-state index contributed by atoms with van der Waals surface area (Å²) < 4.78 is 11.9. The highest BCUT2D eigenvalue weighted by Gasteiger charge is 2.33. The molecular weight excluding hydrogens is 402 g/mol. The summed E-state index contributed by atoms with van der Waals surface area (Å²) in [6.07, 6.45) is 5.65. The van der Waals surface area contributed by atoms with E-state index in [1.165, 1.54) is 25.7 Å². The molecule has 0 N–H and O–H groups in total. The Labute approximate surface area is 189 Å². The van der Waals surface area contributed by atoms with Gasteiger partial charge in [0, 0.05) is 32.1 Å². The molecule has 5 rings (SSSR count). The predicted octanol–water partition coefficient (Wildman–Crippen LogP) is 4.99. The number of hydrogen-bond acceptors (Lipinski definition) is 5. The van der Waals surface area contributed by atoms with Crippen LogP contribution in [0.5, 0.6) is 17.2 Å². The van der Waals surface area contributed by atoms with Crippen molar-refractivity contribution < 1.29 is 14.3 Å². The molecule has 2 aliphatic heterocycles. The van der Waals surface area contributed by atoms with Crippen LogP contribution in [0, 0.1) is 5.92 Å². The standard InChI is InChI=1S/C26H31N3O3/c1-18-17-28(14-15-29(18)24(30)16-19-8-3-4-9-19)26-20-10-7-13-23(31-2)25(20)32-22-12-6-5-11-21(22)27-26/h5-7,10-13,18-19H,3-4,8-9,14-17H2,1-2H3. The number of fused-ring (bicyclic) bond motifs is 2. The van der Waals surface area contributed by atoms with E-state index in [2.05, 4.69) is 16.7 Å². The van der Waals surface area contributed by atoms with Gasteiger partial charge in [-0.25, -0.2) is 4.99 Å². The lowest BCUT2D eigenvalue weighted by Crippen LogP contribution is -2.55. The molecule has 2 fully saturated rings. The number of carbonyl (C=O) groups excluding carboxylic acids is 1. The van der Waals surface area contributed by atoms with E-state index >= 15 is 0 Å². The van der Waals surface area contributed by atoms with Gasteiger partial charge in [-0.15, -0.1) is 0 Å². The average Bonchev–Trinajstić information content (AvgIpc) is 3.25. The zero-order chi connectivity index (χ0) is 22.1. The Bertz CT molecular complexity index is 1030. The third-order valence-electron chi connectivity index (χ3n) is 6.93. The number of para-hydroxylation sites is 3. The van der Waals surface area contributed by atoms with Gasteiger partial charge in [0.1, 0.15) is 11.5 Å². The number of methoxy groups -OCH3 is 1. The molecular formula is C26H31N3O3. The van der Waals surface area contributed by atoms with Crippen molar-refractivity contribution in [3.8, 4) is 17.2 Å². The van der Waals surface area contributed by atoms with Gasteiger partial charge in [-0.3, -0.25) is 4.79 Å². The van der Waals surface area contributed by atoms with E-state index < -0.39 is 0 Å². The molecule has 0 bridgehead atoms. The van der Waals surface area contributed by atoms with Crippen molar-refractivity contribution in [1.82, 2.24) is 9.80 Å². The van der Waals surface area contributed by atoms with Gasteiger partial charge in [-0.05, 0) is 49.9 Å². The van der Waals surface area contributed by atoms with Crippen LogP contribution in [0.25, 0.3) is 0 Å². The first kappa shape index (κ1) is 20.9. The molecule has 1 saturated carbocycles. The van der Waals surface area contributed by atoms with Crippen LogP contribution in [-0.2, 0) is 4.79 Å². The minimum Gasteiger partial charge on any atom is -0.493 e. The van der Waals surface area contributed by atoms with E-state index in [0.717, 1.165) is 30.2 Å². The van der Waals surface area contributed by atoms with Crippen LogP contribution in [0.15, 0.2) is 47.5 Å². The molecule has 6 heteroatoms. The summed E-state index contributed by atoms with van der Waals surface area (Å²) in [6.45, 7) is 4.35. The zero-order valence-corrected chi connectivity index (χ0v) is 18.9. The molecule has 1 saturated heterocycles. The Balaban J connectivity index is 1.42. The number of benzene rings is 2. The molecule has 1 atom stereocenters. The monoisotopic (exact) mass is 433 g/mol. The fraction of sp³-hybridized carbons (Fsp3) is 0.462. The van der Waals surface area contributed by atoms with Gasteiger partial charge in [-0.2, -0.15) is 0 Å². The fourth-order valence-electron chi connectivity index (χ4n) is 5.22. The second-order valence-corrected chi connectivity index (χ2v) is 9.08. The van der Waals surface area contributed by atoms with Gasteiger partial charge >= 0.3 is 0 Å². The maximum atomic E-state index is 13.0. The SMILES string of the molecule is COc1cccc2c1Oc1ccccc1N=C2N1CCN(C(=O)CC2CCCC2)C(C)C1. The van der Waals surface area contributed by atoms with E-state index in [1.807, 2.05) is 42.5 Å². The molecule has 2 heterocycles. The van der Waals surface area contributed by atoms with Crippen molar-refractivity contribution in [3.63, 3.8) is 0 Å². The van der Waals surface area contributed by atoms with Crippen molar-refractivity contribution in [2.75, 3.05) is 26.7 Å². The third kappa shape index (κ3) is 3.94. The molecule has 2 aromatic rings. The molecule has 3 aliphatic rings. The van der Waals surface area contributed by atoms with Gasteiger partial charge in [0.2, 0.25) is 5.91 Å². The Kier molecular flexibility index (Phi) is 5.77. The van der Waals surface area contributed by atoms with Crippen molar-refractivity contribution in [1.29, 1.82) is 0 Å². The number of aliphatic imine (C=N–C) groups is 1. The average molecular weight is 434 g/mol. The van der Waals surface area contributed by atoms with Gasteiger partial charge in [-0.1, -0.05) is 31.0 Å². The van der Waals surface area contributed by atoms with Crippen LogP contribution in [0.4, 0.5) is 5.69 Å². The molecule has 0 radical (unpaired) electrons. The lowest BCUT2D eigenvalue weighted by molar-refractivity contribution is -0.135. The minimum atomic E-state index is 0.133. The lowest BCUT2D eigenvalue weighted by Gasteiger charge is -2.41. The summed E-state index contributed by atoms with van der Waals surface area (Å²) in [5, 5.41) is 0. The molecule has 0 spiro atoms. The predicted molar refractivity (Wildman–Crippen MR) is 125 cm³/mol. The van der Waals surface area contributed by atoms with E-state index in [9.17, 15) is 4.79 Å². The molecule has 168 valence electrons. The highest BCUT2D eigenvalue weighted by molar-refractivity contribution is 6.04. The number of ether oxygens (including phenoxy) is 2. The van der Waals surface area contributed by atoms with E-state index in [-0.39, 0.29) is 6.04 Å². The summed E-state index contributed by atoms with van der Waals surface area (Å²) >= 11 is 0. The largest absolute Gasteiger partial charge is 0.493 e. The van der Waals surface area contributed by atoms with E-state index in [0.29, 0.717) is 42.0 Å². The van der Waals surface area contributed by atoms with Gasteiger partial charge in [0.25, 0.3) is 0 Å². The summed E-state index contributed by atoms with van der Waals surface area (Å²) in [5.74, 6) is 3.84. The molecule has 1 amide bonds. The van der Waals surface area contributed by atoms with Crippen molar-refractivity contribution in [3.05, 3.63) is 48.0 Å². The molecule has 32 heavy (non-hydrogen) atoms. The minimum absolute atomic E-state index is 0.133. The molecule has 1 unspecified atom stereocenters. The van der Waals surface area contributed by atoms with Gasteiger partial charge < -0.3 is 19.3 Å². The summed E-state index contributed by atoms with van der Waals surface area (Å²) in [7, 11) is 1.66. The number of hydrogen-bond donors (Lipinski definition) is 0. The van der Waals surface area contributed by atoms with Crippen molar-refractivity contribution >= 4 is 17.4 Å². The van der Waals surface area contributed by atoms with Crippen LogP contribution in [0.2, 0.25) is 0 Å². The number of amidine groups is 1. The normalized spacial score (nSPS) is 20.7. The Hall–Kier alpha value is -3.02. The maximum absolute atomic E-state index is 13.0. The number of carbonyl (C=O) groups is 1. The van der Waals surface area contributed by atoms with Crippen LogP contribution in [0.1, 0.15) is 44.6 Å². The topological polar surface area (TPSA) is 54.4 Å². The van der Waals surface area contributed by atoms with Crippen LogP contribution >= 0.6 is 0 Å². The quantitative estimate of drug-likeness (QED) is 0.684. The fourth-order valence-corrected chi connectivity index (χ4v) is 5.22. The summed E-state index contributed by atoms with van der Waals surface area (Å²) in [6, 6.07) is 13.9. The number of amides is 1. The second kappa shape index (κ2) is 8.85. The van der Waals surface area contributed by atoms with Crippen molar-refractivity contribution in [2.45, 2.75) is 45.1 Å². The van der Waals surface area contributed by atoms with E-state index in [4.69, 9.17) is 14.5 Å². The summed E-state index contributed by atoms with van der Waals surface area (Å²) in [5.41, 5.74) is 1.71. The highest BCUT2D eigenvalue weighted by atomic mass is 16.5. The summed E-state index contributed by atoms with van der Waals surface area (Å²) in [4.78, 5) is 22.4. The number of nitrogens with zero attached hydrogens (tertiary/aromatic N) is 3. The zero-order valence-electron chi connectivity index (χ0n) is 18.9. The number of rotatable bonds is 3. The van der Waals surface area contributed by atoms with Crippen molar-refractivity contribution in [2.24, 2.45) is 10.9 Å². The van der Waals surface area contributed by atoms with Crippen LogP contribution in [-0.4, -0.2) is 54.3 Å². The van der Waals surface area contributed by atoms with Crippen LogP contribution < -0.4 is 9.47 Å². The second-order valence-electron chi connectivity index (χ2n) is 9.08. The molecule has 6 nitrogen and oxygen atoms in total. The molecule has 0 aromatic heterocycles. The molecule has 1 aliphatic carbocycles. The highest BCUT2D eigenvalue weighted by Crippen LogP contribution is 2.42. The van der Waals surface area contributed by atoms with E-state index in [1.54, 1.807) is 7.11 Å². The number of piperazine rings is 1. The first-order chi connectivity index (χ1) is 15.6. The first-order valence-corrected chi connectivity index (χ1v) is 11.7. The molecule has 2 aromatic carbocycles. The van der Waals surface area contributed by atoms with Gasteiger partial charge in [0.05, 0.1) is 12.7 Å². The third-order valence-corrected chi connectivity index (χ3v) is 6.93. The van der Waals surface area contributed by atoms with Crippen LogP contribution in [0.3, 0.4) is 0 Å². The maximum Gasteiger partial charge on any atom is 0.223 e.